The highest BCUT2D eigenvalue weighted by Crippen LogP contribution is 2.13. The standard InChI is InChI=1S/C13H26N4O/c1-14-13(16-8-12-4-6-18-10-12)15-7-11-3-5-17(2)9-11/h11-12H,3-10H2,1-2H3,(H2,14,15,16). The second kappa shape index (κ2) is 6.95. The third kappa shape index (κ3) is 4.14. The SMILES string of the molecule is CN=C(NCC1CCOC1)NCC1CCN(C)C1. The van der Waals surface area contributed by atoms with Crippen LogP contribution in [0.1, 0.15) is 12.8 Å². The maximum Gasteiger partial charge on any atom is 0.190 e. The van der Waals surface area contributed by atoms with Crippen molar-refractivity contribution in [3.63, 3.8) is 0 Å². The second-order valence-electron chi connectivity index (χ2n) is 5.48. The molecule has 2 aliphatic heterocycles. The smallest absolute Gasteiger partial charge is 0.190 e. The van der Waals surface area contributed by atoms with Gasteiger partial charge in [0, 0.05) is 39.2 Å². The van der Waals surface area contributed by atoms with Gasteiger partial charge in [0.25, 0.3) is 0 Å². The van der Waals surface area contributed by atoms with Crippen LogP contribution >= 0.6 is 0 Å². The lowest BCUT2D eigenvalue weighted by molar-refractivity contribution is 0.186. The monoisotopic (exact) mass is 254 g/mol. The molecule has 104 valence electrons. The predicted octanol–water partition coefficient (Wildman–Crippen LogP) is 0.140. The Hall–Kier alpha value is -0.810. The van der Waals surface area contributed by atoms with E-state index < -0.39 is 0 Å². The molecular weight excluding hydrogens is 228 g/mol. The van der Waals surface area contributed by atoms with Gasteiger partial charge in [-0.15, -0.1) is 0 Å². The van der Waals surface area contributed by atoms with Crippen LogP contribution in [0.4, 0.5) is 0 Å². The third-order valence-electron chi connectivity index (χ3n) is 3.85. The van der Waals surface area contributed by atoms with E-state index in [4.69, 9.17) is 4.74 Å². The van der Waals surface area contributed by atoms with E-state index in [1.54, 1.807) is 0 Å². The minimum Gasteiger partial charge on any atom is -0.381 e. The molecule has 2 unspecified atom stereocenters. The van der Waals surface area contributed by atoms with Crippen LogP contribution in [0.15, 0.2) is 4.99 Å². The molecular formula is C13H26N4O. The number of ether oxygens (including phenoxy) is 1. The first-order valence-corrected chi connectivity index (χ1v) is 6.98. The third-order valence-corrected chi connectivity index (χ3v) is 3.85. The van der Waals surface area contributed by atoms with Crippen LogP contribution in [0.25, 0.3) is 0 Å². The first-order valence-electron chi connectivity index (χ1n) is 6.98. The van der Waals surface area contributed by atoms with E-state index in [0.29, 0.717) is 5.92 Å². The van der Waals surface area contributed by atoms with Crippen molar-refractivity contribution >= 4 is 5.96 Å². The lowest BCUT2D eigenvalue weighted by Crippen LogP contribution is -2.42. The quantitative estimate of drug-likeness (QED) is 0.553. The van der Waals surface area contributed by atoms with Crippen molar-refractivity contribution < 1.29 is 4.74 Å². The highest BCUT2D eigenvalue weighted by molar-refractivity contribution is 5.79. The van der Waals surface area contributed by atoms with Gasteiger partial charge in [0.15, 0.2) is 5.96 Å². The Labute approximate surface area is 110 Å². The summed E-state index contributed by atoms with van der Waals surface area (Å²) in [6.07, 6.45) is 2.45. The van der Waals surface area contributed by atoms with Gasteiger partial charge in [-0.3, -0.25) is 4.99 Å². The largest absolute Gasteiger partial charge is 0.381 e. The molecule has 0 aromatic rings. The summed E-state index contributed by atoms with van der Waals surface area (Å²) in [4.78, 5) is 6.66. The van der Waals surface area contributed by atoms with Crippen LogP contribution in [0.2, 0.25) is 0 Å². The molecule has 0 aromatic carbocycles. The number of nitrogens with zero attached hydrogens (tertiary/aromatic N) is 2. The number of likely N-dealkylation sites (tertiary alicyclic amines) is 1. The van der Waals surface area contributed by atoms with Crippen molar-refractivity contribution in [3.8, 4) is 0 Å². The summed E-state index contributed by atoms with van der Waals surface area (Å²) in [5.74, 6) is 2.32. The van der Waals surface area contributed by atoms with E-state index in [1.807, 2.05) is 7.05 Å². The number of hydrogen-bond donors (Lipinski definition) is 2. The molecule has 0 saturated carbocycles. The van der Waals surface area contributed by atoms with Crippen LogP contribution in [-0.2, 0) is 4.74 Å². The summed E-state index contributed by atoms with van der Waals surface area (Å²) in [7, 11) is 4.02. The van der Waals surface area contributed by atoms with Crippen LogP contribution in [0.5, 0.6) is 0 Å². The molecule has 2 atom stereocenters. The minimum absolute atomic E-state index is 0.640. The number of guanidine groups is 1. The predicted molar refractivity (Wildman–Crippen MR) is 73.9 cm³/mol. The summed E-state index contributed by atoms with van der Waals surface area (Å²) in [6.45, 7) is 6.19. The molecule has 2 fully saturated rings. The van der Waals surface area contributed by atoms with Crippen molar-refractivity contribution in [2.75, 3.05) is 53.5 Å². The van der Waals surface area contributed by atoms with Crippen molar-refractivity contribution in [2.45, 2.75) is 12.8 Å². The maximum atomic E-state index is 5.37. The lowest BCUT2D eigenvalue weighted by Gasteiger charge is -2.17. The molecule has 0 spiro atoms. The first kappa shape index (κ1) is 13.6. The average Bonchev–Trinajstić information content (AvgIpc) is 3.01. The van der Waals surface area contributed by atoms with Crippen LogP contribution in [0, 0.1) is 11.8 Å². The molecule has 0 bridgehead atoms. The Morgan fingerprint density at radius 2 is 2.06 bits per heavy atom. The van der Waals surface area contributed by atoms with E-state index in [9.17, 15) is 0 Å². The minimum atomic E-state index is 0.640. The number of nitrogens with one attached hydrogen (secondary N) is 2. The van der Waals surface area contributed by atoms with Crippen molar-refractivity contribution in [1.82, 2.24) is 15.5 Å². The Bertz CT molecular complexity index is 276. The van der Waals surface area contributed by atoms with Gasteiger partial charge in [-0.2, -0.15) is 0 Å². The fourth-order valence-corrected chi connectivity index (χ4v) is 2.64. The molecule has 0 aliphatic carbocycles. The molecule has 2 N–H and O–H groups in total. The Balaban J connectivity index is 1.62. The zero-order chi connectivity index (χ0) is 12.8. The highest BCUT2D eigenvalue weighted by Gasteiger charge is 2.20. The van der Waals surface area contributed by atoms with Crippen molar-refractivity contribution in [2.24, 2.45) is 16.8 Å². The van der Waals surface area contributed by atoms with Crippen LogP contribution in [-0.4, -0.2) is 64.3 Å². The fourth-order valence-electron chi connectivity index (χ4n) is 2.64. The molecule has 0 aromatic heterocycles. The highest BCUT2D eigenvalue weighted by atomic mass is 16.5. The molecule has 2 aliphatic rings. The number of rotatable bonds is 4. The Kier molecular flexibility index (Phi) is 5.26. The molecule has 0 amide bonds. The second-order valence-corrected chi connectivity index (χ2v) is 5.48. The average molecular weight is 254 g/mol. The molecule has 5 heteroatoms. The molecule has 0 radical (unpaired) electrons. The van der Waals surface area contributed by atoms with E-state index >= 15 is 0 Å². The fraction of sp³-hybridized carbons (Fsp3) is 0.923. The van der Waals surface area contributed by atoms with Crippen LogP contribution in [0.3, 0.4) is 0 Å². The van der Waals surface area contributed by atoms with E-state index in [0.717, 1.165) is 44.6 Å². The lowest BCUT2D eigenvalue weighted by atomic mass is 10.1. The Morgan fingerprint density at radius 3 is 2.61 bits per heavy atom. The van der Waals surface area contributed by atoms with Gasteiger partial charge in [-0.25, -0.2) is 0 Å². The zero-order valence-corrected chi connectivity index (χ0v) is 11.6. The molecule has 5 nitrogen and oxygen atoms in total. The van der Waals surface area contributed by atoms with Crippen molar-refractivity contribution in [3.05, 3.63) is 0 Å². The van der Waals surface area contributed by atoms with E-state index in [-0.39, 0.29) is 0 Å². The van der Waals surface area contributed by atoms with Gasteiger partial charge >= 0.3 is 0 Å². The van der Waals surface area contributed by atoms with Gasteiger partial charge < -0.3 is 20.3 Å². The van der Waals surface area contributed by atoms with Gasteiger partial charge in [-0.05, 0) is 32.4 Å². The van der Waals surface area contributed by atoms with Gasteiger partial charge in [0.1, 0.15) is 0 Å². The topological polar surface area (TPSA) is 48.9 Å². The maximum absolute atomic E-state index is 5.37. The summed E-state index contributed by atoms with van der Waals surface area (Å²) < 4.78 is 5.37. The van der Waals surface area contributed by atoms with E-state index in [1.165, 1.54) is 19.5 Å². The molecule has 2 rings (SSSR count). The molecule has 18 heavy (non-hydrogen) atoms. The van der Waals surface area contributed by atoms with Gasteiger partial charge in [0.05, 0.1) is 6.61 Å². The molecule has 2 heterocycles. The van der Waals surface area contributed by atoms with Crippen molar-refractivity contribution in [1.29, 1.82) is 0 Å². The summed E-state index contributed by atoms with van der Waals surface area (Å²) >= 11 is 0. The van der Waals surface area contributed by atoms with Gasteiger partial charge in [0.2, 0.25) is 0 Å². The Morgan fingerprint density at radius 1 is 1.28 bits per heavy atom. The van der Waals surface area contributed by atoms with E-state index in [2.05, 4.69) is 27.6 Å². The van der Waals surface area contributed by atoms with Gasteiger partial charge in [-0.1, -0.05) is 0 Å². The summed E-state index contributed by atoms with van der Waals surface area (Å²) in [5, 5.41) is 6.82. The first-order chi connectivity index (χ1) is 8.78. The summed E-state index contributed by atoms with van der Waals surface area (Å²) in [5.41, 5.74) is 0. The number of aliphatic imine (C=N–C) groups is 1. The van der Waals surface area contributed by atoms with Crippen LogP contribution < -0.4 is 10.6 Å². The molecule has 2 saturated heterocycles. The summed E-state index contributed by atoms with van der Waals surface area (Å²) in [6, 6.07) is 0. The number of hydrogen-bond acceptors (Lipinski definition) is 3. The normalized spacial score (nSPS) is 29.8. The zero-order valence-electron chi connectivity index (χ0n) is 11.6.